The summed E-state index contributed by atoms with van der Waals surface area (Å²) in [5.74, 6) is 1.76. The third kappa shape index (κ3) is 4.46. The van der Waals surface area contributed by atoms with Gasteiger partial charge in [-0.2, -0.15) is 0 Å². The number of aromatic nitrogens is 3. The van der Waals surface area contributed by atoms with Gasteiger partial charge in [0.1, 0.15) is 22.3 Å². The predicted octanol–water partition coefficient (Wildman–Crippen LogP) is 12.6. The maximum Gasteiger partial charge on any atom is 0.164 e. The summed E-state index contributed by atoms with van der Waals surface area (Å²) in [4.78, 5) is 15.6. The molecule has 0 aliphatic heterocycles. The minimum Gasteiger partial charge on any atom is -0.456 e. The van der Waals surface area contributed by atoms with Gasteiger partial charge in [-0.3, -0.25) is 0 Å². The lowest BCUT2D eigenvalue weighted by Gasteiger charge is -2.13. The van der Waals surface area contributed by atoms with Crippen LogP contribution in [0.15, 0.2) is 173 Å². The first-order chi connectivity index (χ1) is 25.7. The zero-order chi connectivity index (χ0) is 34.2. The molecule has 0 bridgehead atoms. The van der Waals surface area contributed by atoms with Crippen LogP contribution in [0, 0.1) is 0 Å². The molecule has 5 nitrogen and oxygen atoms in total. The van der Waals surface area contributed by atoms with Gasteiger partial charge >= 0.3 is 0 Å². The molecule has 0 radical (unpaired) electrons. The van der Waals surface area contributed by atoms with Crippen molar-refractivity contribution in [3.05, 3.63) is 164 Å². The van der Waals surface area contributed by atoms with Crippen molar-refractivity contribution in [1.29, 1.82) is 0 Å². The van der Waals surface area contributed by atoms with E-state index in [0.29, 0.717) is 17.5 Å². The standard InChI is InChI=1S/C47H27N3O2/c1-2-11-28(12-3-1)37-25-29-21-22-30(26-38(29)33-14-5-4-13-32(33)37)45-48-46(31-23-24-42-39(27-31)34-15-6-8-18-40(34)51-42)50-47(49-45)36-17-10-20-43-44(36)35-16-7-9-19-41(35)52-43/h1-27H. The molecule has 8 aromatic carbocycles. The Morgan fingerprint density at radius 2 is 0.885 bits per heavy atom. The number of benzene rings is 8. The molecule has 0 atom stereocenters. The van der Waals surface area contributed by atoms with Gasteiger partial charge in [-0.1, -0.05) is 115 Å². The molecule has 0 N–H and O–H groups in total. The second-order valence-electron chi connectivity index (χ2n) is 13.2. The summed E-state index contributed by atoms with van der Waals surface area (Å²) in [6.45, 7) is 0. The van der Waals surface area contributed by atoms with E-state index in [-0.39, 0.29) is 0 Å². The van der Waals surface area contributed by atoms with Gasteiger partial charge in [-0.25, -0.2) is 15.0 Å². The van der Waals surface area contributed by atoms with Crippen molar-refractivity contribution in [2.45, 2.75) is 0 Å². The second kappa shape index (κ2) is 11.2. The van der Waals surface area contributed by atoms with E-state index in [4.69, 9.17) is 23.8 Å². The van der Waals surface area contributed by atoms with Gasteiger partial charge in [0.05, 0.1) is 0 Å². The van der Waals surface area contributed by atoms with Crippen molar-refractivity contribution in [2.24, 2.45) is 0 Å². The Morgan fingerprint density at radius 1 is 0.308 bits per heavy atom. The molecule has 11 rings (SSSR count). The van der Waals surface area contributed by atoms with Gasteiger partial charge in [0.15, 0.2) is 17.5 Å². The van der Waals surface area contributed by atoms with Crippen LogP contribution >= 0.6 is 0 Å². The van der Waals surface area contributed by atoms with Crippen LogP contribution in [0.5, 0.6) is 0 Å². The Balaban J connectivity index is 1.16. The fraction of sp³-hybridized carbons (Fsp3) is 0. The highest BCUT2D eigenvalue weighted by Crippen LogP contribution is 2.39. The van der Waals surface area contributed by atoms with Crippen LogP contribution in [0.25, 0.3) is 111 Å². The monoisotopic (exact) mass is 665 g/mol. The highest BCUT2D eigenvalue weighted by molar-refractivity contribution is 6.15. The van der Waals surface area contributed by atoms with Crippen LogP contribution in [-0.4, -0.2) is 15.0 Å². The summed E-state index contributed by atoms with van der Waals surface area (Å²) in [6.07, 6.45) is 0. The van der Waals surface area contributed by atoms with E-state index >= 15 is 0 Å². The largest absolute Gasteiger partial charge is 0.456 e. The zero-order valence-corrected chi connectivity index (χ0v) is 27.7. The quantitative estimate of drug-likeness (QED) is 0.175. The average molecular weight is 666 g/mol. The van der Waals surface area contributed by atoms with E-state index < -0.39 is 0 Å². The summed E-state index contributed by atoms with van der Waals surface area (Å²) >= 11 is 0. The molecule has 0 unspecified atom stereocenters. The van der Waals surface area contributed by atoms with Crippen LogP contribution < -0.4 is 0 Å². The summed E-state index contributed by atoms with van der Waals surface area (Å²) in [5.41, 5.74) is 8.38. The number of rotatable bonds is 4. The summed E-state index contributed by atoms with van der Waals surface area (Å²) in [5, 5.41) is 8.76. The maximum atomic E-state index is 6.27. The van der Waals surface area contributed by atoms with Crippen molar-refractivity contribution >= 4 is 65.4 Å². The van der Waals surface area contributed by atoms with E-state index in [1.54, 1.807) is 0 Å². The van der Waals surface area contributed by atoms with Crippen LogP contribution in [0.1, 0.15) is 0 Å². The molecule has 0 aliphatic rings. The van der Waals surface area contributed by atoms with E-state index in [0.717, 1.165) is 71.3 Å². The van der Waals surface area contributed by atoms with E-state index in [2.05, 4.69) is 103 Å². The lowest BCUT2D eigenvalue weighted by atomic mass is 9.92. The fourth-order valence-corrected chi connectivity index (χ4v) is 7.68. The van der Waals surface area contributed by atoms with Crippen molar-refractivity contribution in [2.75, 3.05) is 0 Å². The normalized spacial score (nSPS) is 11.8. The van der Waals surface area contributed by atoms with Crippen molar-refractivity contribution in [1.82, 2.24) is 15.0 Å². The van der Waals surface area contributed by atoms with Crippen molar-refractivity contribution in [3.8, 4) is 45.3 Å². The van der Waals surface area contributed by atoms with Gasteiger partial charge < -0.3 is 8.83 Å². The molecule has 0 amide bonds. The second-order valence-corrected chi connectivity index (χ2v) is 13.2. The number of hydrogen-bond donors (Lipinski definition) is 0. The lowest BCUT2D eigenvalue weighted by Crippen LogP contribution is -2.00. The Kier molecular flexibility index (Phi) is 6.18. The number of nitrogens with zero attached hydrogens (tertiary/aromatic N) is 3. The van der Waals surface area contributed by atoms with E-state index in [1.807, 2.05) is 60.7 Å². The highest BCUT2D eigenvalue weighted by Gasteiger charge is 2.19. The van der Waals surface area contributed by atoms with Crippen LogP contribution in [0.4, 0.5) is 0 Å². The first-order valence-corrected chi connectivity index (χ1v) is 17.3. The van der Waals surface area contributed by atoms with Crippen molar-refractivity contribution < 1.29 is 8.83 Å². The molecular weight excluding hydrogens is 639 g/mol. The molecule has 52 heavy (non-hydrogen) atoms. The van der Waals surface area contributed by atoms with Crippen LogP contribution in [0.3, 0.4) is 0 Å². The average Bonchev–Trinajstić information content (AvgIpc) is 3.79. The SMILES string of the molecule is c1ccc(-c2cc3ccc(-c4nc(-c5ccc6oc7ccccc7c6c5)nc(-c5cccc6oc7ccccc7c56)n4)cc3c3ccccc23)cc1. The topological polar surface area (TPSA) is 65.0 Å². The summed E-state index contributed by atoms with van der Waals surface area (Å²) < 4.78 is 12.4. The van der Waals surface area contributed by atoms with Gasteiger partial charge in [0.25, 0.3) is 0 Å². The predicted molar refractivity (Wildman–Crippen MR) is 211 cm³/mol. The molecule has 0 aliphatic carbocycles. The number of para-hydroxylation sites is 2. The first-order valence-electron chi connectivity index (χ1n) is 17.3. The molecule has 3 heterocycles. The molecular formula is C47H27N3O2. The molecule has 242 valence electrons. The number of furan rings is 2. The zero-order valence-electron chi connectivity index (χ0n) is 27.7. The molecule has 3 aromatic heterocycles. The maximum absolute atomic E-state index is 6.27. The van der Waals surface area contributed by atoms with Crippen molar-refractivity contribution in [3.63, 3.8) is 0 Å². The van der Waals surface area contributed by atoms with E-state index in [1.165, 1.54) is 21.9 Å². The number of fused-ring (bicyclic) bond motifs is 9. The highest BCUT2D eigenvalue weighted by atomic mass is 16.3. The lowest BCUT2D eigenvalue weighted by molar-refractivity contribution is 0.668. The molecule has 5 heteroatoms. The minimum atomic E-state index is 0.582. The van der Waals surface area contributed by atoms with Gasteiger partial charge in [-0.05, 0) is 81.2 Å². The smallest absolute Gasteiger partial charge is 0.164 e. The van der Waals surface area contributed by atoms with E-state index in [9.17, 15) is 0 Å². The Hall–Kier alpha value is -7.11. The summed E-state index contributed by atoms with van der Waals surface area (Å²) in [6, 6.07) is 56.4. The van der Waals surface area contributed by atoms with Gasteiger partial charge in [0, 0.05) is 38.2 Å². The van der Waals surface area contributed by atoms with Crippen LogP contribution in [0.2, 0.25) is 0 Å². The Morgan fingerprint density at radius 3 is 1.69 bits per heavy atom. The molecule has 0 spiro atoms. The fourth-order valence-electron chi connectivity index (χ4n) is 7.68. The minimum absolute atomic E-state index is 0.582. The molecule has 0 fully saturated rings. The third-order valence-electron chi connectivity index (χ3n) is 10.1. The molecule has 0 saturated heterocycles. The third-order valence-corrected chi connectivity index (χ3v) is 10.1. The summed E-state index contributed by atoms with van der Waals surface area (Å²) in [7, 11) is 0. The van der Waals surface area contributed by atoms with Crippen LogP contribution in [-0.2, 0) is 0 Å². The Labute approximate surface area is 297 Å². The number of hydrogen-bond acceptors (Lipinski definition) is 5. The van der Waals surface area contributed by atoms with Gasteiger partial charge in [-0.15, -0.1) is 0 Å². The van der Waals surface area contributed by atoms with Gasteiger partial charge in [0.2, 0.25) is 0 Å². The molecule has 0 saturated carbocycles. The first kappa shape index (κ1) is 28.7. The Bertz CT molecular complexity index is 3190. The molecule has 11 aromatic rings.